The number of nitrogens with two attached hydrogens (primary N) is 4. The monoisotopic (exact) mass is 1640 g/mol. The summed E-state index contributed by atoms with van der Waals surface area (Å²) in [5.74, 6) is -3.27. The minimum absolute atomic E-state index is 0.00872. The average molecular weight is 1640 g/mol. The summed E-state index contributed by atoms with van der Waals surface area (Å²) in [5.41, 5.74) is 23.9. The Kier molecular flexibility index (Phi) is 40.9. The third-order valence-corrected chi connectivity index (χ3v) is 27.5. The van der Waals surface area contributed by atoms with Crippen LogP contribution in [0.5, 0.6) is 0 Å². The molecule has 38 heteroatoms. The Morgan fingerprint density at radius 3 is 1.66 bits per heavy atom. The highest BCUT2D eigenvalue weighted by Gasteiger charge is 2.46. The number of morpholine rings is 3. The Morgan fingerprint density at radius 1 is 0.571 bits per heavy atom. The average Bonchev–Trinajstić information content (AvgIpc) is 0.795. The predicted octanol–water partition coefficient (Wildman–Crippen LogP) is 3.52. The number of guanidine groups is 2. The van der Waals surface area contributed by atoms with Crippen LogP contribution in [-0.2, 0) is 87.8 Å². The lowest BCUT2D eigenvalue weighted by Gasteiger charge is -2.44. The highest BCUT2D eigenvalue weighted by Crippen LogP contribution is 2.57. The molecule has 0 bridgehead atoms. The lowest BCUT2D eigenvalue weighted by Crippen LogP contribution is -2.51. The van der Waals surface area contributed by atoms with Gasteiger partial charge in [0.2, 0.25) is 17.7 Å². The van der Waals surface area contributed by atoms with Crippen molar-refractivity contribution in [3.8, 4) is 0 Å². The molecule has 4 aliphatic rings. The number of rotatable bonds is 50. The van der Waals surface area contributed by atoms with E-state index in [4.69, 9.17) is 60.6 Å². The molecular formula is C74H128N17O18P3. The molecule has 4 amide bonds. The predicted molar refractivity (Wildman–Crippen MR) is 428 cm³/mol. The van der Waals surface area contributed by atoms with E-state index >= 15 is 9.13 Å². The Balaban J connectivity index is 0.955. The van der Waals surface area contributed by atoms with Gasteiger partial charge in [-0.3, -0.25) is 52.4 Å². The van der Waals surface area contributed by atoms with E-state index in [-0.39, 0.29) is 210 Å². The van der Waals surface area contributed by atoms with Gasteiger partial charge in [-0.05, 0) is 132 Å². The van der Waals surface area contributed by atoms with E-state index in [0.29, 0.717) is 58.0 Å². The van der Waals surface area contributed by atoms with Gasteiger partial charge in [0, 0.05) is 129 Å². The maximum atomic E-state index is 15.1. The van der Waals surface area contributed by atoms with Crippen molar-refractivity contribution in [1.82, 2.24) is 54.4 Å². The van der Waals surface area contributed by atoms with E-state index in [1.165, 1.54) is 14.2 Å². The van der Waals surface area contributed by atoms with Gasteiger partial charge in [-0.1, -0.05) is 67.1 Å². The summed E-state index contributed by atoms with van der Waals surface area (Å²) >= 11 is 0. The number of aliphatic hydroxyl groups is 1. The topological polar surface area (TPSA) is 455 Å². The molecule has 0 aromatic heterocycles. The Morgan fingerprint density at radius 2 is 1.09 bits per heavy atom. The van der Waals surface area contributed by atoms with Gasteiger partial charge in [-0.15, -0.1) is 0 Å². The molecule has 0 saturated carbocycles. The van der Waals surface area contributed by atoms with Gasteiger partial charge >= 0.3 is 21.4 Å². The number of ether oxygens (including phenoxy) is 4. The fourth-order valence-corrected chi connectivity index (χ4v) is 20.3. The third-order valence-electron chi connectivity index (χ3n) is 19.9. The summed E-state index contributed by atoms with van der Waals surface area (Å²) < 4.78 is 95.7. The molecule has 112 heavy (non-hydrogen) atoms. The molecule has 13 N–H and O–H groups in total. The van der Waals surface area contributed by atoms with Crippen LogP contribution in [-0.4, -0.2) is 307 Å². The van der Waals surface area contributed by atoms with Crippen molar-refractivity contribution in [2.24, 2.45) is 44.8 Å². The molecule has 4 saturated heterocycles. The number of ketones is 3. The van der Waals surface area contributed by atoms with Gasteiger partial charge in [0.15, 0.2) is 23.5 Å². The van der Waals surface area contributed by atoms with Crippen LogP contribution < -0.4 is 44.2 Å². The van der Waals surface area contributed by atoms with E-state index in [9.17, 15) is 38.1 Å². The smallest absolute Gasteiger partial charge is 0.409 e. The maximum absolute atomic E-state index is 15.1. The first-order valence-corrected chi connectivity index (χ1v) is 44.0. The van der Waals surface area contributed by atoms with Crippen LogP contribution in [0.4, 0.5) is 4.79 Å². The number of unbranched alkanes of at least 4 members (excludes halogenated alkanes) is 2. The summed E-state index contributed by atoms with van der Waals surface area (Å²) in [5, 5.41) is 21.2. The van der Waals surface area contributed by atoms with Crippen molar-refractivity contribution >= 4 is 75.9 Å². The number of hydrogen-bond donors (Lipinski definition) is 9. The van der Waals surface area contributed by atoms with Gasteiger partial charge in [-0.25, -0.2) is 28.1 Å². The molecule has 0 spiro atoms. The van der Waals surface area contributed by atoms with Crippen LogP contribution in [0.1, 0.15) is 115 Å². The number of amides is 4. The Hall–Kier alpha value is -6.20. The van der Waals surface area contributed by atoms with Crippen LogP contribution in [0.25, 0.3) is 0 Å². The fourth-order valence-electron chi connectivity index (χ4n) is 14.1. The van der Waals surface area contributed by atoms with Crippen LogP contribution in [0.15, 0.2) is 70.6 Å². The number of nitrogens with one attached hydrogen (secondary N) is 4. The number of Topliss-reactive ketones (excluding diaryl/α,β-unsaturated/α-hetero) is 3. The normalized spacial score (nSPS) is 22.1. The Bertz CT molecular complexity index is 3470. The minimum atomic E-state index is -3.79. The number of hydrogen-bond acceptors (Lipinski definition) is 22. The lowest BCUT2D eigenvalue weighted by atomic mass is 9.88. The lowest BCUT2D eigenvalue weighted by molar-refractivity contribution is -0.146. The van der Waals surface area contributed by atoms with Crippen LogP contribution in [0, 0.1) is 11.8 Å². The van der Waals surface area contributed by atoms with Crippen molar-refractivity contribution < 1.29 is 84.9 Å². The van der Waals surface area contributed by atoms with Crippen molar-refractivity contribution in [2.75, 3.05) is 167 Å². The second-order valence-electron chi connectivity index (χ2n) is 29.6. The first-order chi connectivity index (χ1) is 53.4. The SMILES string of the molecule is CNCP(=O)(OCC1CN(C(=O)CCCC(=O)CCCCCNC(=O)C(CCCN=C(N)N)CC(=O)C(Cc2ccccc2)NC(=O)C(CC(=O)C(CCCN=C(N)N)NC)Cc2ccccc2)CC(C)O1)N1CC(C)OC(COP(=O)(N(C)C)N2CC(C)OC(COP(=O)(N(C)C)N3CCN(C(=O)OCCO)CC3)C2)C1. The summed E-state index contributed by atoms with van der Waals surface area (Å²) in [7, 11) is -1.08. The van der Waals surface area contributed by atoms with Crippen LogP contribution >= 0.6 is 22.9 Å². The molecule has 13 unspecified atom stereocenters. The zero-order valence-electron chi connectivity index (χ0n) is 67.2. The third kappa shape index (κ3) is 31.4. The second kappa shape index (κ2) is 48.4. The summed E-state index contributed by atoms with van der Waals surface area (Å²) in [6.07, 6.45) is 0.640. The highest BCUT2D eigenvalue weighted by atomic mass is 31.2. The second-order valence-corrected chi connectivity index (χ2v) is 37.3. The van der Waals surface area contributed by atoms with E-state index in [1.807, 2.05) is 81.4 Å². The van der Waals surface area contributed by atoms with E-state index in [2.05, 4.69) is 31.3 Å². The number of benzene rings is 2. The molecule has 2 aromatic carbocycles. The standard InChI is InChI=1S/C74H128N17O18P3/c1-54-44-88(47-62(107-54)50-104-110(100,53-79-4)90-45-55(2)108-63(48-90)51-106-112(102,86(8)9)91-46-56(3)109-64(49-91)52-105-111(101,85(6)7)89-36-34-87(35-37-89)74(99)103-39-38-92)69(96)30-19-28-61(93)27-17-12-18-31-81-70(97)59(26-20-32-82-72(75)76)42-68(95)66(41-58-24-15-11-16-25-58)84-71(98)60(40-57-22-13-10-14-23-57)43-67(94)65(80-5)29-21-33-83-73(77)78/h10-11,13-16,22-25,54-56,59-60,62-66,79-80,92H,12,17-21,26-53H2,1-9H3,(H,81,97)(H,84,98)(H4,75,76,82)(H4,77,78,83). The molecule has 4 heterocycles. The summed E-state index contributed by atoms with van der Waals surface area (Å²) in [4.78, 5) is 108. The maximum Gasteiger partial charge on any atom is 0.409 e. The van der Waals surface area contributed by atoms with Gasteiger partial charge in [0.25, 0.3) is 7.52 Å². The van der Waals surface area contributed by atoms with Gasteiger partial charge in [0.1, 0.15) is 12.4 Å². The van der Waals surface area contributed by atoms with Crippen LogP contribution in [0.2, 0.25) is 0 Å². The first-order valence-electron chi connectivity index (χ1n) is 39.2. The molecule has 632 valence electrons. The van der Waals surface area contributed by atoms with E-state index in [1.54, 1.807) is 61.2 Å². The van der Waals surface area contributed by atoms with Gasteiger partial charge < -0.3 is 91.6 Å². The number of carbonyl (C=O) groups is 7. The largest absolute Gasteiger partial charge is 0.447 e. The molecular weight excluding hydrogens is 1510 g/mol. The van der Waals surface area contributed by atoms with Gasteiger partial charge in [-0.2, -0.15) is 0 Å². The highest BCUT2D eigenvalue weighted by molar-refractivity contribution is 7.56. The molecule has 0 radical (unpaired) electrons. The number of aliphatic hydroxyl groups excluding tert-OH is 1. The number of piperazine rings is 1. The van der Waals surface area contributed by atoms with Crippen LogP contribution in [0.3, 0.4) is 0 Å². The van der Waals surface area contributed by atoms with E-state index < -0.39 is 89.3 Å². The number of carbonyl (C=O) groups excluding carboxylic acids is 7. The quantitative estimate of drug-likeness (QED) is 0.0198. The molecule has 6 rings (SSSR count). The number of nitrogens with zero attached hydrogens (tertiary/aromatic N) is 9. The van der Waals surface area contributed by atoms with Gasteiger partial charge in [0.05, 0.1) is 81.4 Å². The first kappa shape index (κ1) is 94.7. The van der Waals surface area contributed by atoms with E-state index in [0.717, 1.165) is 11.1 Å². The zero-order chi connectivity index (χ0) is 82.0. The number of aliphatic imine (C=N–C) groups is 2. The molecule has 4 aliphatic heterocycles. The van der Waals surface area contributed by atoms with Crippen molar-refractivity contribution in [1.29, 1.82) is 0 Å². The molecule has 0 aliphatic carbocycles. The molecule has 35 nitrogen and oxygen atoms in total. The Labute approximate surface area is 661 Å². The van der Waals surface area contributed by atoms with Crippen molar-refractivity contribution in [2.45, 2.75) is 166 Å². The summed E-state index contributed by atoms with van der Waals surface area (Å²) in [6, 6.07) is 17.0. The minimum Gasteiger partial charge on any atom is -0.447 e. The summed E-state index contributed by atoms with van der Waals surface area (Å²) in [6.45, 7) is 7.85. The van der Waals surface area contributed by atoms with Crippen molar-refractivity contribution in [3.05, 3.63) is 71.8 Å². The molecule has 4 fully saturated rings. The molecule has 13 atom stereocenters. The van der Waals surface area contributed by atoms with Crippen molar-refractivity contribution in [3.63, 3.8) is 0 Å². The zero-order valence-corrected chi connectivity index (χ0v) is 69.8. The number of likely N-dealkylation sites (N-methyl/N-ethyl adjacent to an activating group) is 1. The fraction of sp³-hybridized carbons (Fsp3) is 0.716. The molecule has 2 aromatic rings.